The molecule has 0 saturated heterocycles. The van der Waals surface area contributed by atoms with E-state index in [1.54, 1.807) is 0 Å². The van der Waals surface area contributed by atoms with Crippen LogP contribution in [0.4, 0.5) is 4.39 Å². The molecule has 0 aliphatic rings. The number of aliphatic carboxylic acids is 1. The van der Waals surface area contributed by atoms with E-state index in [4.69, 9.17) is 11.5 Å². The highest BCUT2D eigenvalue weighted by Gasteiger charge is 2.43. The number of alkyl halides is 1. The topological polar surface area (TPSA) is 54.4 Å². The van der Waals surface area contributed by atoms with E-state index in [0.717, 1.165) is 6.92 Å². The van der Waals surface area contributed by atoms with Crippen LogP contribution in [0.3, 0.4) is 0 Å². The fraction of sp³-hybridized carbons (Fsp3) is 0.500. The molecular weight excluding hydrogens is 163 g/mol. The van der Waals surface area contributed by atoms with Gasteiger partial charge in [0.1, 0.15) is 0 Å². The number of carboxylic acids is 1. The molecule has 0 spiro atoms. The zero-order valence-corrected chi connectivity index (χ0v) is 6.63. The van der Waals surface area contributed by atoms with Gasteiger partial charge in [-0.2, -0.15) is 0 Å². The minimum absolute atomic E-state index is 0.0671. The number of carbonyl (C=O) groups excluding carboxylic acids is 1. The van der Waals surface area contributed by atoms with Gasteiger partial charge in [-0.1, -0.05) is 0 Å². The Balaban J connectivity index is 4.54. The molecular formula is C8H9FO3. The van der Waals surface area contributed by atoms with Crippen molar-refractivity contribution in [2.45, 2.75) is 25.4 Å². The van der Waals surface area contributed by atoms with Gasteiger partial charge in [0.05, 0.1) is 0 Å². The van der Waals surface area contributed by atoms with Gasteiger partial charge in [-0.3, -0.25) is 4.79 Å². The van der Waals surface area contributed by atoms with Crippen LogP contribution in [0.5, 0.6) is 0 Å². The predicted molar refractivity (Wildman–Crippen MR) is 40.2 cm³/mol. The lowest BCUT2D eigenvalue weighted by Crippen LogP contribution is -2.40. The van der Waals surface area contributed by atoms with Crippen LogP contribution in [0.2, 0.25) is 0 Å². The molecule has 1 N–H and O–H groups in total. The van der Waals surface area contributed by atoms with Crippen molar-refractivity contribution in [3.05, 3.63) is 0 Å². The van der Waals surface area contributed by atoms with E-state index >= 15 is 0 Å². The average molecular weight is 172 g/mol. The highest BCUT2D eigenvalue weighted by atomic mass is 19.1. The Labute approximate surface area is 69.6 Å². The summed E-state index contributed by atoms with van der Waals surface area (Å²) in [5.74, 6) is -0.718. The van der Waals surface area contributed by atoms with Crippen molar-refractivity contribution in [1.29, 1.82) is 0 Å². The first-order valence-electron chi connectivity index (χ1n) is 3.32. The molecule has 0 bridgehead atoms. The number of ketones is 1. The van der Waals surface area contributed by atoms with Gasteiger partial charge in [0, 0.05) is 12.8 Å². The van der Waals surface area contributed by atoms with Crippen molar-refractivity contribution in [3.63, 3.8) is 0 Å². The second-order valence-corrected chi connectivity index (χ2v) is 2.37. The molecule has 1 unspecified atom stereocenters. The first-order valence-corrected chi connectivity index (χ1v) is 3.32. The van der Waals surface area contributed by atoms with Crippen LogP contribution >= 0.6 is 0 Å². The molecule has 0 fully saturated rings. The molecule has 0 aromatic carbocycles. The fourth-order valence-electron chi connectivity index (χ4n) is 0.678. The number of hydrogen-bond acceptors (Lipinski definition) is 2. The second kappa shape index (κ2) is 3.86. The lowest BCUT2D eigenvalue weighted by Gasteiger charge is -2.15. The van der Waals surface area contributed by atoms with E-state index in [0.29, 0.717) is 0 Å². The summed E-state index contributed by atoms with van der Waals surface area (Å²) < 4.78 is 13.2. The van der Waals surface area contributed by atoms with Crippen LogP contribution in [0, 0.1) is 12.3 Å². The number of terminal acetylenes is 1. The third-order valence-electron chi connectivity index (χ3n) is 1.51. The fourth-order valence-corrected chi connectivity index (χ4v) is 0.678. The molecule has 0 radical (unpaired) electrons. The zero-order valence-electron chi connectivity index (χ0n) is 6.63. The zero-order chi connectivity index (χ0) is 9.78. The van der Waals surface area contributed by atoms with E-state index in [9.17, 15) is 14.0 Å². The van der Waals surface area contributed by atoms with E-state index in [1.807, 2.05) is 0 Å². The number of carboxylic acid groups (broad SMARTS) is 1. The van der Waals surface area contributed by atoms with Gasteiger partial charge in [0.15, 0.2) is 5.78 Å². The van der Waals surface area contributed by atoms with Crippen molar-refractivity contribution in [3.8, 4) is 12.3 Å². The maximum atomic E-state index is 13.2. The molecule has 3 nitrogen and oxygen atoms in total. The van der Waals surface area contributed by atoms with Crippen LogP contribution in [-0.2, 0) is 9.59 Å². The number of carbonyl (C=O) groups is 2. The van der Waals surface area contributed by atoms with Crippen molar-refractivity contribution < 1.29 is 19.1 Å². The van der Waals surface area contributed by atoms with Crippen LogP contribution in [0.25, 0.3) is 0 Å². The lowest BCUT2D eigenvalue weighted by molar-refractivity contribution is -0.156. The maximum absolute atomic E-state index is 13.2. The molecule has 1 atom stereocenters. The van der Waals surface area contributed by atoms with E-state index < -0.39 is 23.8 Å². The van der Waals surface area contributed by atoms with Crippen LogP contribution in [0.1, 0.15) is 19.8 Å². The Hall–Kier alpha value is -1.37. The van der Waals surface area contributed by atoms with Crippen molar-refractivity contribution in [2.24, 2.45) is 0 Å². The molecule has 0 saturated carbocycles. The van der Waals surface area contributed by atoms with Gasteiger partial charge in [0.25, 0.3) is 5.67 Å². The van der Waals surface area contributed by atoms with Crippen LogP contribution in [0.15, 0.2) is 0 Å². The number of hydrogen-bond donors (Lipinski definition) is 1. The minimum atomic E-state index is -2.81. The van der Waals surface area contributed by atoms with Gasteiger partial charge in [0.2, 0.25) is 0 Å². The summed E-state index contributed by atoms with van der Waals surface area (Å²) in [5, 5.41) is 8.37. The standard InChI is InChI=1S/C8H9FO3/c1-3-4-5-8(9,6(2)10)7(11)12/h1H,4-5H2,2H3,(H,11,12). The molecule has 4 heteroatoms. The normalized spacial score (nSPS) is 14.4. The molecule has 0 aromatic heterocycles. The molecule has 0 rings (SSSR count). The van der Waals surface area contributed by atoms with E-state index in [2.05, 4.69) is 5.92 Å². The lowest BCUT2D eigenvalue weighted by atomic mass is 9.96. The monoisotopic (exact) mass is 172 g/mol. The summed E-state index contributed by atoms with van der Waals surface area (Å²) in [7, 11) is 0. The van der Waals surface area contributed by atoms with Crippen molar-refractivity contribution in [2.75, 3.05) is 0 Å². The minimum Gasteiger partial charge on any atom is -0.479 e. The van der Waals surface area contributed by atoms with Gasteiger partial charge in [-0.05, 0) is 6.92 Å². The quantitative estimate of drug-likeness (QED) is 0.503. The van der Waals surface area contributed by atoms with Gasteiger partial charge < -0.3 is 5.11 Å². The summed E-state index contributed by atoms with van der Waals surface area (Å²) >= 11 is 0. The van der Waals surface area contributed by atoms with Gasteiger partial charge >= 0.3 is 5.97 Å². The molecule has 0 aromatic rings. The summed E-state index contributed by atoms with van der Waals surface area (Å²) in [6.45, 7) is 0.893. The molecule has 0 heterocycles. The van der Waals surface area contributed by atoms with Gasteiger partial charge in [-0.25, -0.2) is 9.18 Å². The summed E-state index contributed by atoms with van der Waals surface area (Å²) in [4.78, 5) is 20.9. The van der Waals surface area contributed by atoms with Crippen molar-refractivity contribution >= 4 is 11.8 Å². The largest absolute Gasteiger partial charge is 0.479 e. The number of Topliss-reactive ketones (excluding diaryl/α,β-unsaturated/α-hetero) is 1. The highest BCUT2D eigenvalue weighted by molar-refractivity contribution is 6.05. The summed E-state index contributed by atoms with van der Waals surface area (Å²) in [6, 6.07) is 0. The van der Waals surface area contributed by atoms with Crippen LogP contribution < -0.4 is 0 Å². The van der Waals surface area contributed by atoms with Crippen molar-refractivity contribution in [1.82, 2.24) is 0 Å². The van der Waals surface area contributed by atoms with Crippen LogP contribution in [-0.4, -0.2) is 22.5 Å². The maximum Gasteiger partial charge on any atom is 0.349 e. The second-order valence-electron chi connectivity index (χ2n) is 2.37. The number of halogens is 1. The number of rotatable bonds is 4. The Morgan fingerprint density at radius 1 is 1.67 bits per heavy atom. The van der Waals surface area contributed by atoms with E-state index in [1.165, 1.54) is 0 Å². The molecule has 66 valence electrons. The third kappa shape index (κ3) is 2.06. The SMILES string of the molecule is C#CCCC(F)(C(C)=O)C(=O)O. The molecule has 0 aliphatic heterocycles. The Bertz CT molecular complexity index is 225. The van der Waals surface area contributed by atoms with E-state index in [-0.39, 0.29) is 6.42 Å². The highest BCUT2D eigenvalue weighted by Crippen LogP contribution is 2.19. The Morgan fingerprint density at radius 2 is 2.17 bits per heavy atom. The Morgan fingerprint density at radius 3 is 2.42 bits per heavy atom. The first-order chi connectivity index (χ1) is 5.45. The summed E-state index contributed by atoms with van der Waals surface area (Å²) in [6.07, 6.45) is 4.28. The predicted octanol–water partition coefficient (Wildman–Crippen LogP) is 0.782. The molecule has 12 heavy (non-hydrogen) atoms. The first kappa shape index (κ1) is 10.6. The third-order valence-corrected chi connectivity index (χ3v) is 1.51. The average Bonchev–Trinajstić information content (AvgIpc) is 1.99. The molecule has 0 amide bonds. The van der Waals surface area contributed by atoms with Gasteiger partial charge in [-0.15, -0.1) is 12.3 Å². The summed E-state index contributed by atoms with van der Waals surface area (Å²) in [5.41, 5.74) is -2.81. The smallest absolute Gasteiger partial charge is 0.349 e. The molecule has 0 aliphatic carbocycles. The Kier molecular flexibility index (Phi) is 3.42.